The molecule has 0 unspecified atom stereocenters. The van der Waals surface area contributed by atoms with Crippen LogP contribution in [0.15, 0.2) is 12.4 Å². The summed E-state index contributed by atoms with van der Waals surface area (Å²) in [5.74, 6) is -0.0473. The van der Waals surface area contributed by atoms with Crippen molar-refractivity contribution in [3.63, 3.8) is 0 Å². The van der Waals surface area contributed by atoms with Crippen molar-refractivity contribution in [1.29, 1.82) is 0 Å². The summed E-state index contributed by atoms with van der Waals surface area (Å²) in [6, 6.07) is 0.0549. The summed E-state index contributed by atoms with van der Waals surface area (Å²) in [7, 11) is 1.96. The zero-order valence-corrected chi connectivity index (χ0v) is 12.8. The third-order valence-electron chi connectivity index (χ3n) is 4.20. The summed E-state index contributed by atoms with van der Waals surface area (Å²) in [6.45, 7) is 4.65. The molecule has 0 saturated carbocycles. The Labute approximate surface area is 124 Å². The van der Waals surface area contributed by atoms with Gasteiger partial charge in [-0.15, -0.1) is 0 Å². The van der Waals surface area contributed by atoms with Crippen LogP contribution < -0.4 is 5.32 Å². The Kier molecular flexibility index (Phi) is 3.53. The molecule has 3 rings (SSSR count). The average molecular weight is 287 g/mol. The second-order valence-electron chi connectivity index (χ2n) is 5.57. The van der Waals surface area contributed by atoms with E-state index in [0.29, 0.717) is 5.56 Å². The van der Waals surface area contributed by atoms with E-state index in [4.69, 9.17) is 0 Å². The first-order valence-corrected chi connectivity index (χ1v) is 7.45. The van der Waals surface area contributed by atoms with Gasteiger partial charge in [-0.05, 0) is 33.1 Å². The Morgan fingerprint density at radius 3 is 3.05 bits per heavy atom. The Morgan fingerprint density at radius 2 is 2.33 bits per heavy atom. The summed E-state index contributed by atoms with van der Waals surface area (Å²) in [4.78, 5) is 12.5. The molecule has 112 valence electrons. The maximum atomic E-state index is 12.5. The van der Waals surface area contributed by atoms with E-state index in [9.17, 15) is 4.79 Å². The zero-order valence-electron chi connectivity index (χ0n) is 12.8. The molecule has 0 radical (unpaired) electrons. The van der Waals surface area contributed by atoms with Crippen LogP contribution in [0.2, 0.25) is 0 Å². The minimum atomic E-state index is -0.0473. The van der Waals surface area contributed by atoms with E-state index in [1.807, 2.05) is 38.0 Å². The Hall–Kier alpha value is -2.11. The lowest BCUT2D eigenvalue weighted by atomic mass is 9.93. The molecule has 0 bridgehead atoms. The summed E-state index contributed by atoms with van der Waals surface area (Å²) < 4.78 is 3.70. The molecule has 1 N–H and O–H groups in total. The molecule has 1 aliphatic carbocycles. The molecule has 0 spiro atoms. The van der Waals surface area contributed by atoms with Crippen LogP contribution in [-0.2, 0) is 20.0 Å². The van der Waals surface area contributed by atoms with Gasteiger partial charge in [-0.25, -0.2) is 0 Å². The van der Waals surface area contributed by atoms with E-state index in [0.717, 1.165) is 37.1 Å². The lowest BCUT2D eigenvalue weighted by molar-refractivity contribution is 0.0932. The average Bonchev–Trinajstić information content (AvgIpc) is 3.03. The van der Waals surface area contributed by atoms with Crippen LogP contribution in [0, 0.1) is 6.92 Å². The summed E-state index contributed by atoms with van der Waals surface area (Å²) >= 11 is 0. The van der Waals surface area contributed by atoms with Gasteiger partial charge in [-0.3, -0.25) is 14.2 Å². The number of aromatic nitrogens is 4. The van der Waals surface area contributed by atoms with Crippen molar-refractivity contribution in [1.82, 2.24) is 24.9 Å². The second-order valence-corrected chi connectivity index (χ2v) is 5.57. The third-order valence-corrected chi connectivity index (χ3v) is 4.20. The lowest BCUT2D eigenvalue weighted by Gasteiger charge is -2.23. The van der Waals surface area contributed by atoms with E-state index in [1.165, 1.54) is 5.69 Å². The van der Waals surface area contributed by atoms with Crippen molar-refractivity contribution in [2.24, 2.45) is 7.05 Å². The number of carbonyl (C=O) groups excluding carboxylic acids is 1. The molecule has 0 aliphatic heterocycles. The van der Waals surface area contributed by atoms with E-state index >= 15 is 0 Å². The van der Waals surface area contributed by atoms with Crippen LogP contribution in [0.4, 0.5) is 0 Å². The Morgan fingerprint density at radius 1 is 1.52 bits per heavy atom. The van der Waals surface area contributed by atoms with Crippen molar-refractivity contribution < 1.29 is 4.79 Å². The fourth-order valence-corrected chi connectivity index (χ4v) is 2.99. The first kappa shape index (κ1) is 13.9. The lowest BCUT2D eigenvalue weighted by Crippen LogP contribution is -2.31. The van der Waals surface area contributed by atoms with Gasteiger partial charge in [0.25, 0.3) is 5.91 Å². The smallest absolute Gasteiger partial charge is 0.255 e. The molecule has 2 heterocycles. The van der Waals surface area contributed by atoms with Crippen molar-refractivity contribution in [2.75, 3.05) is 0 Å². The number of fused-ring (bicyclic) bond motifs is 1. The van der Waals surface area contributed by atoms with Gasteiger partial charge < -0.3 is 5.32 Å². The van der Waals surface area contributed by atoms with Gasteiger partial charge in [-0.1, -0.05) is 0 Å². The summed E-state index contributed by atoms with van der Waals surface area (Å²) in [5.41, 5.74) is 3.81. The normalized spacial score (nSPS) is 17.6. The third kappa shape index (κ3) is 2.46. The van der Waals surface area contributed by atoms with Gasteiger partial charge in [0.15, 0.2) is 0 Å². The molecule has 1 aliphatic rings. The van der Waals surface area contributed by atoms with E-state index in [-0.39, 0.29) is 11.9 Å². The zero-order chi connectivity index (χ0) is 15.0. The van der Waals surface area contributed by atoms with Gasteiger partial charge >= 0.3 is 0 Å². The quantitative estimate of drug-likeness (QED) is 0.935. The van der Waals surface area contributed by atoms with Crippen molar-refractivity contribution >= 4 is 5.91 Å². The molecule has 2 aromatic rings. The van der Waals surface area contributed by atoms with Crippen LogP contribution in [0.25, 0.3) is 0 Å². The molecular formula is C15H21N5O. The first-order chi connectivity index (χ1) is 10.1. The van der Waals surface area contributed by atoms with Crippen LogP contribution in [0.3, 0.4) is 0 Å². The highest BCUT2D eigenvalue weighted by molar-refractivity contribution is 5.95. The van der Waals surface area contributed by atoms with E-state index in [2.05, 4.69) is 15.5 Å². The summed E-state index contributed by atoms with van der Waals surface area (Å²) in [5, 5.41) is 11.8. The van der Waals surface area contributed by atoms with Crippen LogP contribution >= 0.6 is 0 Å². The van der Waals surface area contributed by atoms with Gasteiger partial charge in [0.05, 0.1) is 23.5 Å². The van der Waals surface area contributed by atoms with Gasteiger partial charge in [0.1, 0.15) is 0 Å². The number of amides is 1. The van der Waals surface area contributed by atoms with Gasteiger partial charge in [0, 0.05) is 31.0 Å². The fraction of sp³-hybridized carbons (Fsp3) is 0.533. The highest BCUT2D eigenvalue weighted by Crippen LogP contribution is 2.29. The highest BCUT2D eigenvalue weighted by Gasteiger charge is 2.26. The maximum Gasteiger partial charge on any atom is 0.255 e. The number of aryl methyl sites for hydroxylation is 3. The second kappa shape index (κ2) is 5.35. The van der Waals surface area contributed by atoms with E-state index < -0.39 is 0 Å². The van der Waals surface area contributed by atoms with Crippen LogP contribution in [-0.4, -0.2) is 25.5 Å². The minimum absolute atomic E-state index is 0.0473. The standard InChI is InChI=1S/C15H21N5O/c1-4-20-9-12(10(2)18-20)15(21)17-13-6-5-7-14-11(13)8-16-19(14)3/h8-9,13H,4-7H2,1-3H3,(H,17,21)/t13-/m1/s1. The molecule has 0 aromatic carbocycles. The predicted octanol–water partition coefficient (Wildman–Crippen LogP) is 1.75. The molecule has 0 fully saturated rings. The number of hydrogen-bond acceptors (Lipinski definition) is 3. The monoisotopic (exact) mass is 287 g/mol. The SMILES string of the molecule is CCn1cc(C(=O)N[C@@H]2CCCc3c2cnn3C)c(C)n1. The molecule has 6 heteroatoms. The number of hydrogen-bond donors (Lipinski definition) is 1. The molecule has 0 saturated heterocycles. The Balaban J connectivity index is 1.81. The number of carbonyl (C=O) groups is 1. The van der Waals surface area contributed by atoms with E-state index in [1.54, 1.807) is 4.68 Å². The van der Waals surface area contributed by atoms with Crippen molar-refractivity contribution in [2.45, 2.75) is 45.7 Å². The van der Waals surface area contributed by atoms with Crippen LogP contribution in [0.1, 0.15) is 53.1 Å². The number of nitrogens with zero attached hydrogens (tertiary/aromatic N) is 4. The molecule has 6 nitrogen and oxygen atoms in total. The minimum Gasteiger partial charge on any atom is -0.345 e. The predicted molar refractivity (Wildman–Crippen MR) is 79.0 cm³/mol. The maximum absolute atomic E-state index is 12.5. The molecular weight excluding hydrogens is 266 g/mol. The first-order valence-electron chi connectivity index (χ1n) is 7.45. The van der Waals surface area contributed by atoms with Crippen molar-refractivity contribution in [3.8, 4) is 0 Å². The summed E-state index contributed by atoms with van der Waals surface area (Å²) in [6.07, 6.45) is 6.76. The Bertz CT molecular complexity index is 670. The van der Waals surface area contributed by atoms with Gasteiger partial charge in [-0.2, -0.15) is 10.2 Å². The van der Waals surface area contributed by atoms with Gasteiger partial charge in [0.2, 0.25) is 0 Å². The highest BCUT2D eigenvalue weighted by atomic mass is 16.1. The molecule has 2 aromatic heterocycles. The fourth-order valence-electron chi connectivity index (χ4n) is 2.99. The molecule has 1 atom stereocenters. The number of rotatable bonds is 3. The van der Waals surface area contributed by atoms with Crippen molar-refractivity contribution in [3.05, 3.63) is 34.9 Å². The molecule has 21 heavy (non-hydrogen) atoms. The molecule has 1 amide bonds. The topological polar surface area (TPSA) is 64.7 Å². The van der Waals surface area contributed by atoms with Crippen LogP contribution in [0.5, 0.6) is 0 Å². The largest absolute Gasteiger partial charge is 0.345 e. The number of nitrogens with one attached hydrogen (secondary N) is 1.